The number of rotatable bonds is 12. The van der Waals surface area contributed by atoms with Crippen LogP contribution in [0.5, 0.6) is 17.6 Å². The van der Waals surface area contributed by atoms with Gasteiger partial charge in [0.25, 0.3) is 0 Å². The topological polar surface area (TPSA) is 141 Å². The Balaban J connectivity index is 1.12. The molecule has 2 bridgehead atoms. The van der Waals surface area contributed by atoms with Crippen LogP contribution in [0, 0.1) is 17.0 Å². The quantitative estimate of drug-likeness (QED) is 0.131. The summed E-state index contributed by atoms with van der Waals surface area (Å²) in [4.78, 5) is 48.4. The van der Waals surface area contributed by atoms with Crippen molar-refractivity contribution in [3.8, 4) is 28.9 Å². The minimum absolute atomic E-state index is 0.00792. The first kappa shape index (κ1) is 43.0. The van der Waals surface area contributed by atoms with Crippen LogP contribution in [0.1, 0.15) is 71.8 Å². The molecule has 1 aliphatic carbocycles. The summed E-state index contributed by atoms with van der Waals surface area (Å²) in [7, 11) is 4.85. The Hall–Kier alpha value is -5.29. The summed E-state index contributed by atoms with van der Waals surface area (Å²) in [6, 6.07) is 5.73. The van der Waals surface area contributed by atoms with Crippen molar-refractivity contribution >= 4 is 39.7 Å². The SMILES string of the molecule is CCc1c(F)ccc2cc(OCOC)cc(-c3nc4c5c(nc(OCC6(CN7CCC[C@H]7COC(=O)N(C)C)CC6)nc5c3F)N3C[C@H]5CC[C@@H]([C@H]3CO4)N5C(=O)OC(C)(C)C)c12. The third-order valence-electron chi connectivity index (χ3n) is 13.1. The number of anilines is 1. The van der Waals surface area contributed by atoms with Crippen LogP contribution in [0.2, 0.25) is 0 Å². The van der Waals surface area contributed by atoms with Crippen LogP contribution in [0.25, 0.3) is 32.9 Å². The van der Waals surface area contributed by atoms with Crippen LogP contribution in [0.3, 0.4) is 0 Å². The monoisotopic (exact) mass is 873 g/mol. The van der Waals surface area contributed by atoms with Crippen molar-refractivity contribution in [3.05, 3.63) is 41.5 Å². The lowest BCUT2D eigenvalue weighted by molar-refractivity contribution is 0.00537. The van der Waals surface area contributed by atoms with Gasteiger partial charge in [-0.1, -0.05) is 13.0 Å². The van der Waals surface area contributed by atoms with Gasteiger partial charge in [0, 0.05) is 51.3 Å². The third-order valence-corrected chi connectivity index (χ3v) is 13.1. The number of aryl methyl sites for hydroxylation is 1. The first-order valence-corrected chi connectivity index (χ1v) is 22.1. The lowest BCUT2D eigenvalue weighted by Crippen LogP contribution is -2.63. The summed E-state index contributed by atoms with van der Waals surface area (Å²) in [5.74, 6) is -0.241. The van der Waals surface area contributed by atoms with Gasteiger partial charge in [0.15, 0.2) is 12.6 Å². The number of aromatic nitrogens is 3. The molecule has 1 saturated carbocycles. The summed E-state index contributed by atoms with van der Waals surface area (Å²) in [6.45, 7) is 10.1. The van der Waals surface area contributed by atoms with E-state index in [4.69, 9.17) is 43.4 Å². The zero-order chi connectivity index (χ0) is 44.4. The summed E-state index contributed by atoms with van der Waals surface area (Å²) in [6.07, 6.45) is 4.86. The van der Waals surface area contributed by atoms with Crippen molar-refractivity contribution in [2.75, 3.05) is 72.4 Å². The van der Waals surface area contributed by atoms with Gasteiger partial charge in [-0.3, -0.25) is 9.80 Å². The van der Waals surface area contributed by atoms with Gasteiger partial charge in [0.05, 0.1) is 24.7 Å². The fraction of sp³-hybridized carbons (Fsp3) is 0.587. The van der Waals surface area contributed by atoms with Crippen LogP contribution in [-0.2, 0) is 20.6 Å². The van der Waals surface area contributed by atoms with Crippen LogP contribution in [0.4, 0.5) is 24.2 Å². The van der Waals surface area contributed by atoms with E-state index >= 15 is 8.78 Å². The van der Waals surface area contributed by atoms with Crippen molar-refractivity contribution in [1.82, 2.24) is 29.7 Å². The van der Waals surface area contributed by atoms with Crippen LogP contribution in [0.15, 0.2) is 24.3 Å². The number of hydrogen-bond donors (Lipinski definition) is 0. The van der Waals surface area contributed by atoms with Gasteiger partial charge >= 0.3 is 18.2 Å². The molecule has 63 heavy (non-hydrogen) atoms. The number of halogens is 2. The highest BCUT2D eigenvalue weighted by atomic mass is 19.1. The minimum Gasteiger partial charge on any atom is -0.475 e. The van der Waals surface area contributed by atoms with Crippen LogP contribution >= 0.6 is 0 Å². The standard InChI is InChI=1S/C46H57F2N7O8/c1-8-30-32(47)13-11-26-18-29(62-25-58-7)19-31(35(26)30)38-37(48)39-36-40(54-20-27-12-14-33(34(54)22-59-41(36)49-38)55(27)44(57)63-45(2,3)4)51-42(50-39)61-24-46(15-16-46)23-53-17-9-10-28(53)21-60-43(56)52(5)6/h11,13,18-19,27-28,33-34H,8-10,12,14-17,20-25H2,1-7H3/t27-,28+,33+,34-/m1/s1. The summed E-state index contributed by atoms with van der Waals surface area (Å²) in [5.41, 5.74) is -0.288. The Morgan fingerprint density at radius 2 is 1.83 bits per heavy atom. The van der Waals surface area contributed by atoms with Gasteiger partial charge in [-0.25, -0.2) is 23.4 Å². The molecule has 3 saturated heterocycles. The van der Waals surface area contributed by atoms with E-state index in [1.165, 1.54) is 18.1 Å². The molecule has 4 fully saturated rings. The molecule has 15 nitrogen and oxygen atoms in total. The zero-order valence-electron chi connectivity index (χ0n) is 37.2. The fourth-order valence-electron chi connectivity index (χ4n) is 9.90. The number of likely N-dealkylation sites (tertiary alicyclic amines) is 1. The molecule has 6 heterocycles. The van der Waals surface area contributed by atoms with E-state index in [0.29, 0.717) is 65.0 Å². The maximum Gasteiger partial charge on any atom is 0.410 e. The Morgan fingerprint density at radius 3 is 2.56 bits per heavy atom. The highest BCUT2D eigenvalue weighted by Crippen LogP contribution is 2.49. The van der Waals surface area contributed by atoms with E-state index in [-0.39, 0.29) is 78.3 Å². The Bertz CT molecular complexity index is 2430. The molecule has 0 N–H and O–H groups in total. The number of carbonyl (C=O) groups is 2. The Labute approximate surface area is 365 Å². The number of amides is 2. The lowest BCUT2D eigenvalue weighted by atomic mass is 9.94. The van der Waals surface area contributed by atoms with E-state index in [1.54, 1.807) is 32.3 Å². The number of carbonyl (C=O) groups excluding carboxylic acids is 2. The van der Waals surface area contributed by atoms with E-state index < -0.39 is 17.2 Å². The predicted molar refractivity (Wildman–Crippen MR) is 230 cm³/mol. The van der Waals surface area contributed by atoms with Crippen molar-refractivity contribution in [3.63, 3.8) is 0 Å². The number of ether oxygens (including phenoxy) is 6. The molecule has 4 atom stereocenters. The normalized spacial score (nSPS) is 22.4. The van der Waals surface area contributed by atoms with Crippen molar-refractivity contribution in [1.29, 1.82) is 0 Å². The molecule has 4 aliphatic heterocycles. The molecule has 2 amide bonds. The van der Waals surface area contributed by atoms with E-state index in [9.17, 15) is 9.59 Å². The summed E-state index contributed by atoms with van der Waals surface area (Å²) in [5, 5.41) is 1.43. The average molecular weight is 874 g/mol. The number of methoxy groups -OCH3 is 1. The highest BCUT2D eigenvalue weighted by Gasteiger charge is 2.52. The summed E-state index contributed by atoms with van der Waals surface area (Å²) >= 11 is 0. The van der Waals surface area contributed by atoms with Gasteiger partial charge in [-0.2, -0.15) is 9.97 Å². The van der Waals surface area contributed by atoms with Gasteiger partial charge in [0.2, 0.25) is 5.88 Å². The molecule has 5 aliphatic rings. The number of fused-ring (bicyclic) bond motifs is 6. The molecule has 4 aromatic rings. The summed E-state index contributed by atoms with van der Waals surface area (Å²) < 4.78 is 69.0. The molecular formula is C46H57F2N7O8. The lowest BCUT2D eigenvalue weighted by Gasteiger charge is -2.46. The van der Waals surface area contributed by atoms with Crippen LogP contribution in [-0.4, -0.2) is 139 Å². The molecular weight excluding hydrogens is 817 g/mol. The number of hydrogen-bond acceptors (Lipinski definition) is 13. The van der Waals surface area contributed by atoms with E-state index in [0.717, 1.165) is 51.6 Å². The van der Waals surface area contributed by atoms with Gasteiger partial charge in [-0.15, -0.1) is 0 Å². The first-order valence-electron chi connectivity index (χ1n) is 22.1. The second-order valence-electron chi connectivity index (χ2n) is 18.9. The zero-order valence-corrected chi connectivity index (χ0v) is 37.2. The number of nitrogens with zero attached hydrogens (tertiary/aromatic N) is 7. The predicted octanol–water partition coefficient (Wildman–Crippen LogP) is 7.34. The second-order valence-corrected chi connectivity index (χ2v) is 18.9. The molecule has 2 aromatic carbocycles. The maximum atomic E-state index is 17.8. The second kappa shape index (κ2) is 16.7. The smallest absolute Gasteiger partial charge is 0.410 e. The van der Waals surface area contributed by atoms with E-state index in [1.807, 2.05) is 32.6 Å². The van der Waals surface area contributed by atoms with Gasteiger partial charge < -0.3 is 38.2 Å². The molecule has 2 aromatic heterocycles. The molecule has 9 rings (SSSR count). The van der Waals surface area contributed by atoms with Crippen molar-refractivity contribution < 1.29 is 46.8 Å². The molecule has 17 heteroatoms. The average Bonchev–Trinajstić information content (AvgIpc) is 3.79. The molecule has 0 unspecified atom stereocenters. The largest absolute Gasteiger partial charge is 0.475 e. The van der Waals surface area contributed by atoms with Crippen molar-refractivity contribution in [2.45, 2.75) is 102 Å². The van der Waals surface area contributed by atoms with E-state index in [2.05, 4.69) is 9.80 Å². The highest BCUT2D eigenvalue weighted by molar-refractivity contribution is 6.03. The molecule has 0 radical (unpaired) electrons. The van der Waals surface area contributed by atoms with Crippen molar-refractivity contribution in [2.24, 2.45) is 5.41 Å². The van der Waals surface area contributed by atoms with Gasteiger partial charge in [0.1, 0.15) is 52.8 Å². The first-order chi connectivity index (χ1) is 30.2. The Morgan fingerprint density at radius 1 is 1.02 bits per heavy atom. The molecule has 338 valence electrons. The van der Waals surface area contributed by atoms with Gasteiger partial charge in [-0.05, 0) is 107 Å². The van der Waals surface area contributed by atoms with Crippen LogP contribution < -0.4 is 19.1 Å². The maximum absolute atomic E-state index is 17.8. The minimum atomic E-state index is -0.746. The molecule has 0 spiro atoms. The number of pyridine rings is 1. The number of benzene rings is 2. The number of piperazine rings is 1. The fourth-order valence-corrected chi connectivity index (χ4v) is 9.90. The Kier molecular flexibility index (Phi) is 11.4. The third kappa shape index (κ3) is 8.22.